The molecule has 0 bridgehead atoms. The van der Waals surface area contributed by atoms with Crippen LogP contribution in [0.2, 0.25) is 0 Å². The number of piperazine rings is 1. The first-order chi connectivity index (χ1) is 15.1. The monoisotopic (exact) mass is 424 g/mol. The lowest BCUT2D eigenvalue weighted by atomic mass is 10.0. The second-order valence-electron chi connectivity index (χ2n) is 7.78. The fourth-order valence-electron chi connectivity index (χ4n) is 4.17. The third-order valence-corrected chi connectivity index (χ3v) is 5.77. The van der Waals surface area contributed by atoms with Crippen molar-refractivity contribution in [3.8, 4) is 5.75 Å². The quantitative estimate of drug-likeness (QED) is 0.630. The summed E-state index contributed by atoms with van der Waals surface area (Å²) >= 11 is 0. The Morgan fingerprint density at radius 2 is 1.87 bits per heavy atom. The maximum Gasteiger partial charge on any atom is 0.146 e. The van der Waals surface area contributed by atoms with Gasteiger partial charge in [-0.15, -0.1) is 0 Å². The Labute approximate surface area is 182 Å². The molecule has 6 nitrogen and oxygen atoms in total. The molecule has 2 heterocycles. The normalized spacial score (nSPS) is 15.8. The number of para-hydroxylation sites is 2. The number of nitrogens with zero attached hydrogens (tertiary/aromatic N) is 4. The summed E-state index contributed by atoms with van der Waals surface area (Å²) in [5.41, 5.74) is 2.17. The number of hydrogen-bond acceptors (Lipinski definition) is 5. The predicted octanol–water partition coefficient (Wildman–Crippen LogP) is 3.36. The van der Waals surface area contributed by atoms with Crippen LogP contribution in [-0.2, 0) is 13.6 Å². The van der Waals surface area contributed by atoms with Crippen molar-refractivity contribution >= 4 is 5.69 Å². The maximum absolute atomic E-state index is 14.9. The van der Waals surface area contributed by atoms with Gasteiger partial charge in [-0.2, -0.15) is 0 Å². The van der Waals surface area contributed by atoms with Gasteiger partial charge in [-0.05, 0) is 19.1 Å². The Morgan fingerprint density at radius 1 is 1.10 bits per heavy atom. The molecule has 0 spiro atoms. The highest BCUT2D eigenvalue weighted by Crippen LogP contribution is 2.33. The molecule has 1 aliphatic heterocycles. The first kappa shape index (κ1) is 21.3. The van der Waals surface area contributed by atoms with Crippen LogP contribution in [0.25, 0.3) is 0 Å². The molecule has 0 saturated carbocycles. The number of anilines is 1. The van der Waals surface area contributed by atoms with Crippen molar-refractivity contribution in [1.82, 2.24) is 14.5 Å². The zero-order chi connectivity index (χ0) is 21.8. The van der Waals surface area contributed by atoms with Crippen molar-refractivity contribution in [3.05, 3.63) is 77.6 Å². The third kappa shape index (κ3) is 4.57. The zero-order valence-electron chi connectivity index (χ0n) is 18.0. The molecule has 1 fully saturated rings. The van der Waals surface area contributed by atoms with E-state index >= 15 is 0 Å². The number of aryl methyl sites for hydroxylation is 1. The van der Waals surface area contributed by atoms with E-state index in [9.17, 15) is 9.50 Å². The van der Waals surface area contributed by atoms with Crippen molar-refractivity contribution in [1.29, 1.82) is 0 Å². The van der Waals surface area contributed by atoms with Gasteiger partial charge in [-0.25, -0.2) is 9.37 Å². The van der Waals surface area contributed by atoms with Crippen LogP contribution in [0, 0.1) is 5.82 Å². The van der Waals surface area contributed by atoms with Crippen molar-refractivity contribution < 1.29 is 14.2 Å². The van der Waals surface area contributed by atoms with Gasteiger partial charge in [0.25, 0.3) is 0 Å². The van der Waals surface area contributed by atoms with Crippen LogP contribution in [0.1, 0.15) is 30.0 Å². The molecule has 1 unspecified atom stereocenters. The summed E-state index contributed by atoms with van der Waals surface area (Å²) in [5.74, 6) is 1.10. The third-order valence-electron chi connectivity index (χ3n) is 5.77. The van der Waals surface area contributed by atoms with E-state index in [4.69, 9.17) is 4.74 Å². The van der Waals surface area contributed by atoms with Crippen LogP contribution in [0.15, 0.2) is 54.9 Å². The SMILES string of the molecule is CCOc1ccccc1CN1CCN(c2c(F)cccc2C(O)c2nccn2C)CC1. The number of halogens is 1. The van der Waals surface area contributed by atoms with E-state index in [1.165, 1.54) is 6.07 Å². The van der Waals surface area contributed by atoms with Gasteiger partial charge < -0.3 is 19.3 Å². The highest BCUT2D eigenvalue weighted by atomic mass is 19.1. The maximum atomic E-state index is 14.9. The number of rotatable bonds is 7. The molecule has 1 aromatic heterocycles. The Hall–Kier alpha value is -2.90. The molecule has 0 radical (unpaired) electrons. The molecule has 0 aliphatic carbocycles. The summed E-state index contributed by atoms with van der Waals surface area (Å²) in [6.07, 6.45) is 2.43. The lowest BCUT2D eigenvalue weighted by molar-refractivity contribution is 0.205. The molecule has 7 heteroatoms. The van der Waals surface area contributed by atoms with Gasteiger partial charge in [0.2, 0.25) is 0 Å². The highest BCUT2D eigenvalue weighted by Gasteiger charge is 2.27. The molecule has 4 rings (SSSR count). The molecule has 1 aliphatic rings. The molecule has 31 heavy (non-hydrogen) atoms. The van der Waals surface area contributed by atoms with Crippen molar-refractivity contribution in [2.75, 3.05) is 37.7 Å². The van der Waals surface area contributed by atoms with E-state index < -0.39 is 6.10 Å². The average molecular weight is 425 g/mol. The number of aromatic nitrogens is 2. The second-order valence-corrected chi connectivity index (χ2v) is 7.78. The van der Waals surface area contributed by atoms with E-state index in [1.807, 2.05) is 37.1 Å². The van der Waals surface area contributed by atoms with Crippen molar-refractivity contribution in [2.24, 2.45) is 7.05 Å². The Bertz CT molecular complexity index is 1010. The number of benzene rings is 2. The summed E-state index contributed by atoms with van der Waals surface area (Å²) in [5, 5.41) is 10.9. The molecule has 1 N–H and O–H groups in total. The molecular formula is C24H29FN4O2. The number of aliphatic hydroxyl groups excluding tert-OH is 1. The smallest absolute Gasteiger partial charge is 0.146 e. The first-order valence-corrected chi connectivity index (χ1v) is 10.7. The van der Waals surface area contributed by atoms with Crippen LogP contribution in [0.3, 0.4) is 0 Å². The highest BCUT2D eigenvalue weighted by molar-refractivity contribution is 5.57. The van der Waals surface area contributed by atoms with Crippen LogP contribution >= 0.6 is 0 Å². The largest absolute Gasteiger partial charge is 0.494 e. The van der Waals surface area contributed by atoms with Gasteiger partial charge in [-0.3, -0.25) is 4.90 Å². The van der Waals surface area contributed by atoms with E-state index in [-0.39, 0.29) is 5.82 Å². The molecular weight excluding hydrogens is 395 g/mol. The summed E-state index contributed by atoms with van der Waals surface area (Å²) in [4.78, 5) is 8.62. The van der Waals surface area contributed by atoms with Gasteiger partial charge in [0.05, 0.1) is 12.3 Å². The Kier molecular flexibility index (Phi) is 6.53. The van der Waals surface area contributed by atoms with E-state index in [0.717, 1.165) is 30.9 Å². The molecule has 2 aromatic carbocycles. The summed E-state index contributed by atoms with van der Waals surface area (Å²) in [6, 6.07) is 13.0. The fourth-order valence-corrected chi connectivity index (χ4v) is 4.17. The Balaban J connectivity index is 1.49. The minimum Gasteiger partial charge on any atom is -0.494 e. The summed E-state index contributed by atoms with van der Waals surface area (Å²) in [6.45, 7) is 6.37. The minimum atomic E-state index is -0.984. The van der Waals surface area contributed by atoms with Crippen LogP contribution in [0.4, 0.5) is 10.1 Å². The molecule has 0 amide bonds. The van der Waals surface area contributed by atoms with Crippen molar-refractivity contribution in [2.45, 2.75) is 19.6 Å². The molecule has 1 saturated heterocycles. The van der Waals surface area contributed by atoms with Gasteiger partial charge in [0, 0.05) is 63.3 Å². The second kappa shape index (κ2) is 9.49. The molecule has 3 aromatic rings. The molecule has 164 valence electrons. The topological polar surface area (TPSA) is 53.8 Å². The van der Waals surface area contributed by atoms with Gasteiger partial charge in [0.15, 0.2) is 0 Å². The number of imidazole rings is 1. The van der Waals surface area contributed by atoms with E-state index in [0.29, 0.717) is 36.8 Å². The zero-order valence-corrected chi connectivity index (χ0v) is 18.0. The lowest BCUT2D eigenvalue weighted by Gasteiger charge is -2.37. The van der Waals surface area contributed by atoms with Crippen LogP contribution < -0.4 is 9.64 Å². The average Bonchev–Trinajstić information content (AvgIpc) is 3.21. The van der Waals surface area contributed by atoms with Crippen LogP contribution in [0.5, 0.6) is 5.75 Å². The van der Waals surface area contributed by atoms with Gasteiger partial charge in [-0.1, -0.05) is 30.3 Å². The Morgan fingerprint density at radius 3 is 2.58 bits per heavy atom. The fraction of sp³-hybridized carbons (Fsp3) is 0.375. The molecule has 1 atom stereocenters. The lowest BCUT2D eigenvalue weighted by Crippen LogP contribution is -2.46. The predicted molar refractivity (Wildman–Crippen MR) is 119 cm³/mol. The van der Waals surface area contributed by atoms with E-state index in [2.05, 4.69) is 16.0 Å². The van der Waals surface area contributed by atoms with Crippen LogP contribution in [-0.4, -0.2) is 52.3 Å². The number of aliphatic hydroxyl groups is 1. The first-order valence-electron chi connectivity index (χ1n) is 10.7. The van der Waals surface area contributed by atoms with Gasteiger partial charge in [0.1, 0.15) is 23.5 Å². The van der Waals surface area contributed by atoms with Crippen molar-refractivity contribution in [3.63, 3.8) is 0 Å². The van der Waals surface area contributed by atoms with E-state index in [1.54, 1.807) is 29.1 Å². The summed E-state index contributed by atoms with van der Waals surface area (Å²) in [7, 11) is 1.82. The van der Waals surface area contributed by atoms with Gasteiger partial charge >= 0.3 is 0 Å². The minimum absolute atomic E-state index is 0.319. The number of hydrogen-bond donors (Lipinski definition) is 1. The number of ether oxygens (including phenoxy) is 1. The standard InChI is InChI=1S/C24H29FN4O2/c1-3-31-21-10-5-4-7-18(21)17-28-13-15-29(16-14-28)22-19(8-6-9-20(22)25)23(30)24-26-11-12-27(24)2/h4-12,23,30H,3,13-17H2,1-2H3. The summed E-state index contributed by atoms with van der Waals surface area (Å²) < 4.78 is 22.4.